The molecule has 0 unspecified atom stereocenters. The van der Waals surface area contributed by atoms with Crippen LogP contribution >= 0.6 is 0 Å². The average molecular weight is 411 g/mol. The summed E-state index contributed by atoms with van der Waals surface area (Å²) >= 11 is 0. The van der Waals surface area contributed by atoms with Crippen LogP contribution < -0.4 is 0 Å². The Balaban J connectivity index is 0. The highest BCUT2D eigenvalue weighted by Gasteiger charge is 2.13. The first kappa shape index (κ1) is 27.5. The van der Waals surface area contributed by atoms with Crippen LogP contribution in [0.15, 0.2) is 49.6 Å². The van der Waals surface area contributed by atoms with E-state index in [4.69, 9.17) is 19.4 Å². The Morgan fingerprint density at radius 2 is 1.57 bits per heavy atom. The van der Waals surface area contributed by atoms with E-state index in [0.717, 1.165) is 25.5 Å². The fraction of sp³-hybridized carbons (Fsp3) is 0.350. The number of carbonyl (C=O) groups excluding carboxylic acids is 1. The lowest BCUT2D eigenvalue weighted by molar-refractivity contribution is -0.137. The fourth-order valence-electron chi connectivity index (χ4n) is 1.54. The molecule has 0 fully saturated rings. The number of benzene rings is 1. The van der Waals surface area contributed by atoms with Gasteiger partial charge in [0.1, 0.15) is 0 Å². The van der Waals surface area contributed by atoms with E-state index in [2.05, 4.69) is 20.1 Å². The minimum Gasteiger partial charge on any atom is -0.478 e. The third kappa shape index (κ3) is 15.5. The summed E-state index contributed by atoms with van der Waals surface area (Å²) in [6.45, 7) is 12.1. The van der Waals surface area contributed by atoms with Gasteiger partial charge >= 0.3 is 17.9 Å². The molecule has 0 bridgehead atoms. The Bertz CT molecular complexity index is 581. The van der Waals surface area contributed by atoms with Crippen molar-refractivity contribution in [3.05, 3.63) is 60.7 Å². The van der Waals surface area contributed by atoms with Gasteiger partial charge in [0, 0.05) is 12.7 Å². The summed E-state index contributed by atoms with van der Waals surface area (Å²) in [4.78, 5) is 31.5. The molecule has 28 heavy (non-hydrogen) atoms. The fourth-order valence-corrected chi connectivity index (χ4v) is 2.44. The maximum Gasteiger partial charge on any atom is 0.336 e. The van der Waals surface area contributed by atoms with Crippen molar-refractivity contribution < 1.29 is 33.8 Å². The van der Waals surface area contributed by atoms with Gasteiger partial charge in [0.15, 0.2) is 9.76 Å². The number of carbonyl (C=O) groups is 3. The molecule has 0 aliphatic heterocycles. The quantitative estimate of drug-likeness (QED) is 0.200. The van der Waals surface area contributed by atoms with Gasteiger partial charge < -0.3 is 19.4 Å². The lowest BCUT2D eigenvalue weighted by atomic mass is 10.1. The minimum absolute atomic E-state index is 0.190. The smallest absolute Gasteiger partial charge is 0.336 e. The van der Waals surface area contributed by atoms with Crippen LogP contribution in [0.2, 0.25) is 6.04 Å². The van der Waals surface area contributed by atoms with Crippen LogP contribution in [0, 0.1) is 0 Å². The van der Waals surface area contributed by atoms with Gasteiger partial charge in [-0.15, -0.1) is 6.58 Å². The predicted octanol–water partition coefficient (Wildman–Crippen LogP) is 3.31. The van der Waals surface area contributed by atoms with E-state index in [0.29, 0.717) is 6.61 Å². The van der Waals surface area contributed by atoms with Gasteiger partial charge in [-0.1, -0.05) is 31.7 Å². The molecular formula is C20H30O7Si. The first-order valence-corrected chi connectivity index (χ1v) is 10.5. The maximum absolute atomic E-state index is 10.5. The van der Waals surface area contributed by atoms with E-state index in [-0.39, 0.29) is 26.9 Å². The Hall–Kier alpha value is -2.71. The first-order chi connectivity index (χ1) is 13.3. The molecule has 1 rings (SSSR count). The monoisotopic (exact) mass is 410 g/mol. The molecule has 0 saturated heterocycles. The van der Waals surface area contributed by atoms with Crippen molar-refractivity contribution in [2.24, 2.45) is 0 Å². The zero-order chi connectivity index (χ0) is 21.8. The van der Waals surface area contributed by atoms with Gasteiger partial charge in [-0.3, -0.25) is 0 Å². The Labute approximate surface area is 168 Å². The van der Waals surface area contributed by atoms with Crippen LogP contribution in [0.4, 0.5) is 0 Å². The molecule has 0 aromatic heterocycles. The van der Waals surface area contributed by atoms with Crippen LogP contribution in [-0.4, -0.2) is 51.1 Å². The predicted molar refractivity (Wildman–Crippen MR) is 112 cm³/mol. The summed E-state index contributed by atoms with van der Waals surface area (Å²) in [7, 11) is -0.357. The average Bonchev–Trinajstić information content (AvgIpc) is 2.70. The molecule has 0 atom stereocenters. The number of esters is 1. The molecule has 1 aromatic carbocycles. The van der Waals surface area contributed by atoms with Crippen LogP contribution in [0.25, 0.3) is 0 Å². The normalized spacial score (nSPS) is 9.36. The lowest BCUT2D eigenvalue weighted by Gasteiger charge is -2.01. The number of carboxylic acids is 2. The summed E-state index contributed by atoms with van der Waals surface area (Å²) in [6.07, 6.45) is 5.05. The van der Waals surface area contributed by atoms with Crippen molar-refractivity contribution >= 4 is 27.7 Å². The van der Waals surface area contributed by atoms with E-state index >= 15 is 0 Å². The standard InChI is InChI=1S/C8H6O4.C8H16O3Si.C4H8/c9-7(10)5-3-1-2-4-6(5)8(11)12;1-3-8(9)10-6-5-7-12-11-4-2;1-3-4-2/h1-4H,(H,9,10)(H,11,12);3H,1,4-7,12H2,2H3;3H,1,4H2,2H3. The highest BCUT2D eigenvalue weighted by molar-refractivity contribution is 6.26. The second kappa shape index (κ2) is 19.1. The van der Waals surface area contributed by atoms with Crippen LogP contribution in [0.3, 0.4) is 0 Å². The van der Waals surface area contributed by atoms with Crippen molar-refractivity contribution in [1.82, 2.24) is 0 Å². The number of allylic oxidation sites excluding steroid dienone is 1. The molecule has 0 saturated carbocycles. The molecule has 0 amide bonds. The highest BCUT2D eigenvalue weighted by Crippen LogP contribution is 2.07. The van der Waals surface area contributed by atoms with E-state index < -0.39 is 11.9 Å². The van der Waals surface area contributed by atoms with Gasteiger partial charge in [0.25, 0.3) is 0 Å². The Kier molecular flexibility index (Phi) is 18.7. The molecule has 0 radical (unpaired) electrons. The van der Waals surface area contributed by atoms with Crippen molar-refractivity contribution in [3.63, 3.8) is 0 Å². The Morgan fingerprint density at radius 3 is 1.93 bits per heavy atom. The van der Waals surface area contributed by atoms with E-state index in [1.807, 2.05) is 13.0 Å². The van der Waals surface area contributed by atoms with Crippen molar-refractivity contribution in [2.45, 2.75) is 32.7 Å². The van der Waals surface area contributed by atoms with Gasteiger partial charge in [-0.25, -0.2) is 14.4 Å². The number of aromatic carboxylic acids is 2. The summed E-state index contributed by atoms with van der Waals surface area (Å²) < 4.78 is 10.0. The van der Waals surface area contributed by atoms with Crippen LogP contribution in [-0.2, 0) is 14.0 Å². The number of ether oxygens (including phenoxy) is 1. The molecule has 0 spiro atoms. The van der Waals surface area contributed by atoms with E-state index in [1.54, 1.807) is 0 Å². The zero-order valence-electron chi connectivity index (χ0n) is 16.6. The SMILES string of the molecule is C=CC(=O)OCCC[SiH2]OCC.C=CCC.O=C(O)c1ccccc1C(=O)O. The largest absolute Gasteiger partial charge is 0.478 e. The van der Waals surface area contributed by atoms with Crippen molar-refractivity contribution in [1.29, 1.82) is 0 Å². The molecule has 8 heteroatoms. The molecule has 7 nitrogen and oxygen atoms in total. The molecular weight excluding hydrogens is 380 g/mol. The van der Waals surface area contributed by atoms with Gasteiger partial charge in [-0.2, -0.15) is 0 Å². The van der Waals surface area contributed by atoms with Crippen molar-refractivity contribution in [2.75, 3.05) is 13.2 Å². The van der Waals surface area contributed by atoms with Gasteiger partial charge in [0.2, 0.25) is 0 Å². The third-order valence-electron chi connectivity index (χ3n) is 2.97. The molecule has 156 valence electrons. The number of hydrogen-bond donors (Lipinski definition) is 2. The second-order valence-corrected chi connectivity index (χ2v) is 6.65. The van der Waals surface area contributed by atoms with E-state index in [9.17, 15) is 14.4 Å². The number of rotatable bonds is 10. The number of hydrogen-bond acceptors (Lipinski definition) is 5. The van der Waals surface area contributed by atoms with E-state index in [1.165, 1.54) is 30.3 Å². The Morgan fingerprint density at radius 1 is 1.07 bits per heavy atom. The second-order valence-electron chi connectivity index (χ2n) is 5.13. The third-order valence-corrected chi connectivity index (χ3v) is 4.46. The summed E-state index contributed by atoms with van der Waals surface area (Å²) in [5.74, 6) is -2.80. The summed E-state index contributed by atoms with van der Waals surface area (Å²) in [5.41, 5.74) is -0.380. The lowest BCUT2D eigenvalue weighted by Crippen LogP contribution is -2.06. The van der Waals surface area contributed by atoms with Crippen molar-refractivity contribution in [3.8, 4) is 0 Å². The van der Waals surface area contributed by atoms with Gasteiger partial charge in [0.05, 0.1) is 17.7 Å². The topological polar surface area (TPSA) is 110 Å². The highest BCUT2D eigenvalue weighted by atomic mass is 28.2. The van der Waals surface area contributed by atoms with Gasteiger partial charge in [-0.05, 0) is 37.9 Å². The minimum atomic E-state index is -1.23. The summed E-state index contributed by atoms with van der Waals surface area (Å²) in [6, 6.07) is 6.54. The number of carboxylic acid groups (broad SMARTS) is 2. The molecule has 0 aliphatic carbocycles. The van der Waals surface area contributed by atoms with Crippen LogP contribution in [0.5, 0.6) is 0 Å². The molecule has 0 heterocycles. The maximum atomic E-state index is 10.5. The molecule has 1 aromatic rings. The zero-order valence-corrected chi connectivity index (χ0v) is 18.0. The molecule has 2 N–H and O–H groups in total. The molecule has 0 aliphatic rings. The van der Waals surface area contributed by atoms with Crippen LogP contribution in [0.1, 0.15) is 47.4 Å². The first-order valence-electron chi connectivity index (χ1n) is 8.88. The summed E-state index contributed by atoms with van der Waals surface area (Å²) in [5, 5.41) is 17.1.